The Balaban J connectivity index is 1.58. The van der Waals surface area contributed by atoms with Gasteiger partial charge in [-0.25, -0.2) is 4.68 Å². The Morgan fingerprint density at radius 2 is 2.27 bits per heavy atom. The van der Waals surface area contributed by atoms with Crippen LogP contribution in [-0.2, 0) is 16.1 Å². The van der Waals surface area contributed by atoms with Gasteiger partial charge in [-0.3, -0.25) is 4.79 Å². The van der Waals surface area contributed by atoms with E-state index in [1.807, 2.05) is 43.5 Å². The minimum atomic E-state index is -0.294. The molecule has 22 heavy (non-hydrogen) atoms. The number of para-hydroxylation sites is 1. The Hall–Kier alpha value is -2.18. The van der Waals surface area contributed by atoms with E-state index in [4.69, 9.17) is 4.74 Å². The van der Waals surface area contributed by atoms with Gasteiger partial charge < -0.3 is 15.4 Å². The summed E-state index contributed by atoms with van der Waals surface area (Å²) in [5.41, 5.74) is 1.96. The van der Waals surface area contributed by atoms with Gasteiger partial charge in [0, 0.05) is 24.8 Å². The molecule has 2 aromatic rings. The topological polar surface area (TPSA) is 68.2 Å². The second-order valence-electron chi connectivity index (χ2n) is 5.35. The number of carbonyl (C=O) groups excluding carboxylic acids is 1. The summed E-state index contributed by atoms with van der Waals surface area (Å²) in [5.74, 6) is -0.0420. The molecule has 2 heterocycles. The summed E-state index contributed by atoms with van der Waals surface area (Å²) in [6.07, 6.45) is 3.58. The Morgan fingerprint density at radius 3 is 3.05 bits per heavy atom. The molecule has 1 saturated heterocycles. The number of hydrogen-bond donors (Lipinski definition) is 2. The molecule has 116 valence electrons. The SMILES string of the molecule is C[C@H]1OCCN[C@@H]1C(=O)NCc1cnn(-c2ccccc2)c1. The van der Waals surface area contributed by atoms with E-state index in [0.29, 0.717) is 19.7 Å². The van der Waals surface area contributed by atoms with Crippen LogP contribution in [0.4, 0.5) is 0 Å². The van der Waals surface area contributed by atoms with Gasteiger partial charge in [-0.1, -0.05) is 18.2 Å². The van der Waals surface area contributed by atoms with Crippen molar-refractivity contribution >= 4 is 5.91 Å². The maximum absolute atomic E-state index is 12.2. The number of hydrogen-bond acceptors (Lipinski definition) is 4. The Morgan fingerprint density at radius 1 is 1.45 bits per heavy atom. The largest absolute Gasteiger partial charge is 0.375 e. The lowest BCUT2D eigenvalue weighted by molar-refractivity contribution is -0.129. The molecule has 1 aliphatic rings. The van der Waals surface area contributed by atoms with Crippen molar-refractivity contribution in [3.05, 3.63) is 48.3 Å². The molecule has 1 aromatic carbocycles. The zero-order chi connectivity index (χ0) is 15.4. The third-order valence-corrected chi connectivity index (χ3v) is 3.72. The number of carbonyl (C=O) groups is 1. The van der Waals surface area contributed by atoms with Crippen LogP contribution in [0.2, 0.25) is 0 Å². The monoisotopic (exact) mass is 300 g/mol. The number of rotatable bonds is 4. The molecule has 2 N–H and O–H groups in total. The zero-order valence-corrected chi connectivity index (χ0v) is 12.5. The second-order valence-corrected chi connectivity index (χ2v) is 5.35. The Labute approximate surface area is 129 Å². The van der Waals surface area contributed by atoms with Crippen LogP contribution >= 0.6 is 0 Å². The van der Waals surface area contributed by atoms with Crippen LogP contribution < -0.4 is 10.6 Å². The minimum Gasteiger partial charge on any atom is -0.375 e. The summed E-state index contributed by atoms with van der Waals surface area (Å²) in [6.45, 7) is 3.71. The lowest BCUT2D eigenvalue weighted by atomic mass is 10.1. The number of aromatic nitrogens is 2. The number of nitrogens with zero attached hydrogens (tertiary/aromatic N) is 2. The molecule has 0 unspecified atom stereocenters. The molecule has 0 saturated carbocycles. The molecule has 0 aliphatic carbocycles. The van der Waals surface area contributed by atoms with E-state index in [1.54, 1.807) is 10.9 Å². The standard InChI is InChI=1S/C16H20N4O2/c1-12-15(17-7-8-22-12)16(21)18-9-13-10-19-20(11-13)14-5-3-2-4-6-14/h2-6,10-12,15,17H,7-9H2,1H3,(H,18,21)/t12-,15+/m1/s1. The van der Waals surface area contributed by atoms with Gasteiger partial charge in [0.1, 0.15) is 6.04 Å². The first-order valence-electron chi connectivity index (χ1n) is 7.46. The van der Waals surface area contributed by atoms with Crippen molar-refractivity contribution in [3.63, 3.8) is 0 Å². The summed E-state index contributed by atoms with van der Waals surface area (Å²) >= 11 is 0. The fourth-order valence-electron chi connectivity index (χ4n) is 2.50. The fourth-order valence-corrected chi connectivity index (χ4v) is 2.50. The molecule has 1 fully saturated rings. The van der Waals surface area contributed by atoms with Crippen LogP contribution in [0.1, 0.15) is 12.5 Å². The molecule has 1 aromatic heterocycles. The van der Waals surface area contributed by atoms with Gasteiger partial charge in [0.05, 0.1) is 24.6 Å². The maximum Gasteiger partial charge on any atom is 0.240 e. The molecule has 1 aliphatic heterocycles. The predicted octanol–water partition coefficient (Wildman–Crippen LogP) is 0.865. The Bertz CT molecular complexity index is 626. The Kier molecular flexibility index (Phi) is 4.50. The highest BCUT2D eigenvalue weighted by molar-refractivity contribution is 5.82. The van der Waals surface area contributed by atoms with Crippen molar-refractivity contribution in [1.29, 1.82) is 0 Å². The van der Waals surface area contributed by atoms with Crippen LogP contribution in [-0.4, -0.2) is 41.0 Å². The highest BCUT2D eigenvalue weighted by atomic mass is 16.5. The van der Waals surface area contributed by atoms with Crippen molar-refractivity contribution in [3.8, 4) is 5.69 Å². The highest BCUT2D eigenvalue weighted by Crippen LogP contribution is 2.08. The minimum absolute atomic E-state index is 0.0420. The zero-order valence-electron chi connectivity index (χ0n) is 12.5. The molecule has 6 nitrogen and oxygen atoms in total. The van der Waals surface area contributed by atoms with Crippen LogP contribution in [0.15, 0.2) is 42.7 Å². The van der Waals surface area contributed by atoms with E-state index in [2.05, 4.69) is 15.7 Å². The van der Waals surface area contributed by atoms with Crippen LogP contribution in [0.25, 0.3) is 5.69 Å². The smallest absolute Gasteiger partial charge is 0.240 e. The predicted molar refractivity (Wildman–Crippen MR) is 82.6 cm³/mol. The quantitative estimate of drug-likeness (QED) is 0.879. The summed E-state index contributed by atoms with van der Waals surface area (Å²) < 4.78 is 7.28. The van der Waals surface area contributed by atoms with Crippen molar-refractivity contribution in [1.82, 2.24) is 20.4 Å². The molecule has 0 spiro atoms. The number of amides is 1. The first-order valence-corrected chi connectivity index (χ1v) is 7.46. The van der Waals surface area contributed by atoms with E-state index in [1.165, 1.54) is 0 Å². The highest BCUT2D eigenvalue weighted by Gasteiger charge is 2.27. The normalized spacial score (nSPS) is 21.5. The fraction of sp³-hybridized carbons (Fsp3) is 0.375. The molecule has 0 bridgehead atoms. The van der Waals surface area contributed by atoms with E-state index in [9.17, 15) is 4.79 Å². The van der Waals surface area contributed by atoms with Gasteiger partial charge in [0.15, 0.2) is 0 Å². The summed E-state index contributed by atoms with van der Waals surface area (Å²) in [7, 11) is 0. The van der Waals surface area contributed by atoms with E-state index >= 15 is 0 Å². The van der Waals surface area contributed by atoms with Crippen molar-refractivity contribution in [2.45, 2.75) is 25.6 Å². The van der Waals surface area contributed by atoms with Crippen molar-refractivity contribution < 1.29 is 9.53 Å². The van der Waals surface area contributed by atoms with Crippen LogP contribution in [0.5, 0.6) is 0 Å². The average molecular weight is 300 g/mol. The molecule has 3 rings (SSSR count). The third-order valence-electron chi connectivity index (χ3n) is 3.72. The lowest BCUT2D eigenvalue weighted by Crippen LogP contribution is -2.55. The molecular weight excluding hydrogens is 280 g/mol. The second kappa shape index (κ2) is 6.72. The third kappa shape index (κ3) is 3.35. The molecule has 6 heteroatoms. The van der Waals surface area contributed by atoms with Gasteiger partial charge >= 0.3 is 0 Å². The summed E-state index contributed by atoms with van der Waals surface area (Å²) in [5, 5.41) is 10.4. The maximum atomic E-state index is 12.2. The number of benzene rings is 1. The number of ether oxygens (including phenoxy) is 1. The number of morpholine rings is 1. The molecule has 0 radical (unpaired) electrons. The average Bonchev–Trinajstić information content (AvgIpc) is 3.03. The van der Waals surface area contributed by atoms with Crippen LogP contribution in [0.3, 0.4) is 0 Å². The summed E-state index contributed by atoms with van der Waals surface area (Å²) in [4.78, 5) is 12.2. The summed E-state index contributed by atoms with van der Waals surface area (Å²) in [6, 6.07) is 9.58. The first kappa shape index (κ1) is 14.7. The molecular formula is C16H20N4O2. The van der Waals surface area contributed by atoms with Crippen molar-refractivity contribution in [2.75, 3.05) is 13.2 Å². The molecule has 1 amide bonds. The molecule has 2 atom stereocenters. The van der Waals surface area contributed by atoms with Crippen LogP contribution in [0, 0.1) is 0 Å². The lowest BCUT2D eigenvalue weighted by Gasteiger charge is -2.29. The van der Waals surface area contributed by atoms with Gasteiger partial charge in [-0.2, -0.15) is 5.10 Å². The van der Waals surface area contributed by atoms with E-state index in [0.717, 1.165) is 11.3 Å². The van der Waals surface area contributed by atoms with Gasteiger partial charge in [0.25, 0.3) is 0 Å². The van der Waals surface area contributed by atoms with Crippen molar-refractivity contribution in [2.24, 2.45) is 0 Å². The van der Waals surface area contributed by atoms with Gasteiger partial charge in [-0.15, -0.1) is 0 Å². The first-order chi connectivity index (χ1) is 10.7. The number of nitrogens with one attached hydrogen (secondary N) is 2. The van der Waals surface area contributed by atoms with Gasteiger partial charge in [0.2, 0.25) is 5.91 Å². The van der Waals surface area contributed by atoms with Gasteiger partial charge in [-0.05, 0) is 19.1 Å². The van der Waals surface area contributed by atoms with E-state index in [-0.39, 0.29) is 18.1 Å². The van der Waals surface area contributed by atoms with E-state index < -0.39 is 0 Å².